The molecule has 144 valence electrons. The minimum Gasteiger partial charge on any atom is -0.497 e. The normalized spacial score (nSPS) is 16.3. The van der Waals surface area contributed by atoms with Crippen LogP contribution in [0, 0.1) is 13.8 Å². The fourth-order valence-electron chi connectivity index (χ4n) is 3.40. The molecule has 1 atom stereocenters. The largest absolute Gasteiger partial charge is 0.497 e. The van der Waals surface area contributed by atoms with Gasteiger partial charge in [-0.1, -0.05) is 6.07 Å². The number of rotatable bonds is 7. The first kappa shape index (κ1) is 19.2. The summed E-state index contributed by atoms with van der Waals surface area (Å²) >= 11 is 0. The maximum absolute atomic E-state index is 12.6. The molecule has 6 heteroatoms. The Kier molecular flexibility index (Phi) is 5.96. The van der Waals surface area contributed by atoms with Crippen LogP contribution >= 0.6 is 0 Å². The summed E-state index contributed by atoms with van der Waals surface area (Å²) in [5.74, 6) is -0.193. The van der Waals surface area contributed by atoms with Crippen LogP contribution in [-0.4, -0.2) is 42.7 Å². The van der Waals surface area contributed by atoms with E-state index in [1.807, 2.05) is 19.9 Å². The van der Waals surface area contributed by atoms with Gasteiger partial charge in [0.2, 0.25) is 5.78 Å². The SMILES string of the molecule is COc1cccc(C(=O)OCC(=O)c2cc(C)n(C[C@H]3CCCO3)c2C)c1. The lowest BCUT2D eigenvalue weighted by Gasteiger charge is -2.14. The van der Waals surface area contributed by atoms with E-state index in [-0.39, 0.29) is 18.5 Å². The van der Waals surface area contributed by atoms with Gasteiger partial charge in [0.15, 0.2) is 6.61 Å². The quantitative estimate of drug-likeness (QED) is 0.552. The Hall–Kier alpha value is -2.60. The van der Waals surface area contributed by atoms with E-state index in [2.05, 4.69) is 4.57 Å². The van der Waals surface area contributed by atoms with Crippen molar-refractivity contribution in [2.45, 2.75) is 39.3 Å². The van der Waals surface area contributed by atoms with Crippen LogP contribution in [0.3, 0.4) is 0 Å². The molecule has 0 spiro atoms. The predicted octanol–water partition coefficient (Wildman–Crippen LogP) is 3.33. The summed E-state index contributed by atoms with van der Waals surface area (Å²) in [5, 5.41) is 0. The van der Waals surface area contributed by atoms with E-state index in [1.165, 1.54) is 7.11 Å². The zero-order valence-electron chi connectivity index (χ0n) is 16.0. The second-order valence-electron chi connectivity index (χ2n) is 6.76. The number of aryl methyl sites for hydroxylation is 1. The van der Waals surface area contributed by atoms with Crippen molar-refractivity contribution < 1.29 is 23.8 Å². The molecule has 1 saturated heterocycles. The maximum Gasteiger partial charge on any atom is 0.338 e. The van der Waals surface area contributed by atoms with Crippen LogP contribution in [0.4, 0.5) is 0 Å². The average Bonchev–Trinajstić information content (AvgIpc) is 3.29. The lowest BCUT2D eigenvalue weighted by molar-refractivity contribution is 0.0474. The van der Waals surface area contributed by atoms with Crippen molar-refractivity contribution in [1.29, 1.82) is 0 Å². The Morgan fingerprint density at radius 3 is 2.78 bits per heavy atom. The molecule has 0 aliphatic carbocycles. The van der Waals surface area contributed by atoms with E-state index in [0.29, 0.717) is 16.9 Å². The summed E-state index contributed by atoms with van der Waals surface area (Å²) < 4.78 is 18.1. The highest BCUT2D eigenvalue weighted by molar-refractivity contribution is 6.00. The Bertz CT molecular complexity index is 833. The molecule has 1 aliphatic heterocycles. The Labute approximate surface area is 159 Å². The van der Waals surface area contributed by atoms with Gasteiger partial charge in [-0.25, -0.2) is 4.79 Å². The van der Waals surface area contributed by atoms with Gasteiger partial charge in [0.05, 0.1) is 18.8 Å². The third-order valence-electron chi connectivity index (χ3n) is 4.92. The van der Waals surface area contributed by atoms with Crippen LogP contribution in [0.15, 0.2) is 30.3 Å². The number of ether oxygens (including phenoxy) is 3. The third kappa shape index (κ3) is 4.39. The van der Waals surface area contributed by atoms with E-state index in [4.69, 9.17) is 14.2 Å². The lowest BCUT2D eigenvalue weighted by atomic mass is 10.1. The summed E-state index contributed by atoms with van der Waals surface area (Å²) in [4.78, 5) is 24.8. The van der Waals surface area contributed by atoms with Crippen molar-refractivity contribution in [3.05, 3.63) is 52.8 Å². The highest BCUT2D eigenvalue weighted by Gasteiger charge is 2.22. The predicted molar refractivity (Wildman–Crippen MR) is 100 cm³/mol. The van der Waals surface area contributed by atoms with Gasteiger partial charge in [0, 0.05) is 30.1 Å². The van der Waals surface area contributed by atoms with E-state index >= 15 is 0 Å². The number of ketones is 1. The first-order chi connectivity index (χ1) is 13.0. The first-order valence-electron chi connectivity index (χ1n) is 9.12. The van der Waals surface area contributed by atoms with E-state index in [1.54, 1.807) is 24.3 Å². The van der Waals surface area contributed by atoms with Gasteiger partial charge in [0.25, 0.3) is 0 Å². The highest BCUT2D eigenvalue weighted by atomic mass is 16.5. The van der Waals surface area contributed by atoms with Crippen LogP contribution in [0.1, 0.15) is 44.9 Å². The van der Waals surface area contributed by atoms with Crippen molar-refractivity contribution in [3.8, 4) is 5.75 Å². The molecule has 1 fully saturated rings. The second kappa shape index (κ2) is 8.39. The number of hydrogen-bond donors (Lipinski definition) is 0. The Morgan fingerprint density at radius 1 is 1.26 bits per heavy atom. The molecule has 6 nitrogen and oxygen atoms in total. The Morgan fingerprint density at radius 2 is 2.07 bits per heavy atom. The van der Waals surface area contributed by atoms with Gasteiger partial charge in [-0.3, -0.25) is 4.79 Å². The molecular formula is C21H25NO5. The zero-order valence-corrected chi connectivity index (χ0v) is 16.0. The smallest absolute Gasteiger partial charge is 0.338 e. The van der Waals surface area contributed by atoms with Crippen molar-refractivity contribution in [3.63, 3.8) is 0 Å². The first-order valence-corrected chi connectivity index (χ1v) is 9.12. The topological polar surface area (TPSA) is 66.8 Å². The van der Waals surface area contributed by atoms with Crippen molar-refractivity contribution in [2.24, 2.45) is 0 Å². The number of carbonyl (C=O) groups excluding carboxylic acids is 2. The summed E-state index contributed by atoms with van der Waals surface area (Å²) in [6, 6.07) is 8.51. The third-order valence-corrected chi connectivity index (χ3v) is 4.92. The number of aromatic nitrogens is 1. The number of nitrogens with zero attached hydrogens (tertiary/aromatic N) is 1. The van der Waals surface area contributed by atoms with Gasteiger partial charge in [-0.2, -0.15) is 0 Å². The molecule has 2 heterocycles. The zero-order chi connectivity index (χ0) is 19.4. The Balaban J connectivity index is 1.64. The monoisotopic (exact) mass is 371 g/mol. The van der Waals surface area contributed by atoms with Crippen molar-refractivity contribution >= 4 is 11.8 Å². The molecule has 0 radical (unpaired) electrons. The van der Waals surface area contributed by atoms with Gasteiger partial charge in [-0.05, 0) is 51.0 Å². The number of Topliss-reactive ketones (excluding diaryl/α,β-unsaturated/α-hetero) is 1. The van der Waals surface area contributed by atoms with E-state index < -0.39 is 5.97 Å². The summed E-state index contributed by atoms with van der Waals surface area (Å²) in [7, 11) is 1.53. The number of esters is 1. The highest BCUT2D eigenvalue weighted by Crippen LogP contribution is 2.21. The van der Waals surface area contributed by atoms with Crippen molar-refractivity contribution in [2.75, 3.05) is 20.3 Å². The minimum atomic E-state index is -0.546. The van der Waals surface area contributed by atoms with Gasteiger partial charge in [-0.15, -0.1) is 0 Å². The molecular weight excluding hydrogens is 346 g/mol. The average molecular weight is 371 g/mol. The number of benzene rings is 1. The van der Waals surface area contributed by atoms with Crippen molar-refractivity contribution in [1.82, 2.24) is 4.57 Å². The molecule has 0 N–H and O–H groups in total. The van der Waals surface area contributed by atoms with Crippen LogP contribution in [0.2, 0.25) is 0 Å². The van der Waals surface area contributed by atoms with Crippen LogP contribution in [0.25, 0.3) is 0 Å². The standard InChI is InChI=1S/C21H25NO5/c1-14-10-19(15(2)22(14)12-18-8-5-9-26-18)20(23)13-27-21(24)16-6-4-7-17(11-16)25-3/h4,6-7,10-11,18H,5,8-9,12-13H2,1-3H3/t18-/m1/s1. The number of hydrogen-bond acceptors (Lipinski definition) is 5. The minimum absolute atomic E-state index is 0.198. The molecule has 0 saturated carbocycles. The molecule has 0 unspecified atom stereocenters. The molecule has 3 rings (SSSR count). The molecule has 0 bridgehead atoms. The molecule has 27 heavy (non-hydrogen) atoms. The summed E-state index contributed by atoms with van der Waals surface area (Å²) in [6.45, 7) is 5.14. The van der Waals surface area contributed by atoms with Gasteiger partial charge >= 0.3 is 5.97 Å². The lowest BCUT2D eigenvalue weighted by Crippen LogP contribution is -2.18. The van der Waals surface area contributed by atoms with Crippen LogP contribution in [0.5, 0.6) is 5.75 Å². The maximum atomic E-state index is 12.6. The molecule has 1 aromatic heterocycles. The number of carbonyl (C=O) groups is 2. The molecule has 1 aromatic carbocycles. The van der Waals surface area contributed by atoms with E-state index in [9.17, 15) is 9.59 Å². The second-order valence-corrected chi connectivity index (χ2v) is 6.76. The summed E-state index contributed by atoms with van der Waals surface area (Å²) in [6.07, 6.45) is 2.32. The fraction of sp³-hybridized carbons (Fsp3) is 0.429. The molecule has 1 aliphatic rings. The van der Waals surface area contributed by atoms with Gasteiger partial charge < -0.3 is 18.8 Å². The van der Waals surface area contributed by atoms with Crippen LogP contribution in [-0.2, 0) is 16.0 Å². The number of methoxy groups -OCH3 is 1. The molecule has 2 aromatic rings. The van der Waals surface area contributed by atoms with Crippen LogP contribution < -0.4 is 4.74 Å². The van der Waals surface area contributed by atoms with E-state index in [0.717, 1.165) is 37.4 Å². The van der Waals surface area contributed by atoms with Gasteiger partial charge in [0.1, 0.15) is 5.75 Å². The fourth-order valence-corrected chi connectivity index (χ4v) is 3.40. The summed E-state index contributed by atoms with van der Waals surface area (Å²) in [5.41, 5.74) is 2.82. The molecule has 0 amide bonds.